The number of aromatic hydroxyl groups is 1. The first-order valence-corrected chi connectivity index (χ1v) is 5.84. The lowest BCUT2D eigenvalue weighted by Gasteiger charge is -2.39. The maximum atomic E-state index is 9.56. The summed E-state index contributed by atoms with van der Waals surface area (Å²) in [7, 11) is 0. The van der Waals surface area contributed by atoms with Crippen molar-refractivity contribution in [3.05, 3.63) is 24.3 Å². The van der Waals surface area contributed by atoms with Gasteiger partial charge in [-0.05, 0) is 12.1 Å². The van der Waals surface area contributed by atoms with Gasteiger partial charge in [-0.15, -0.1) is 11.8 Å². The van der Waals surface area contributed by atoms with Crippen molar-refractivity contribution in [2.75, 3.05) is 25.6 Å². The van der Waals surface area contributed by atoms with Gasteiger partial charge in [-0.2, -0.15) is 0 Å². The molecular weight excluding hydrogens is 212 g/mol. The Labute approximate surface area is 93.1 Å². The fourth-order valence-corrected chi connectivity index (χ4v) is 2.53. The van der Waals surface area contributed by atoms with E-state index in [9.17, 15) is 10.2 Å². The second-order valence-corrected chi connectivity index (χ2v) is 4.92. The molecule has 0 saturated carbocycles. The Morgan fingerprint density at radius 2 is 2.07 bits per heavy atom. The number of para-hydroxylation sites is 1. The predicted molar refractivity (Wildman–Crippen MR) is 59.2 cm³/mol. The first kappa shape index (κ1) is 10.8. The van der Waals surface area contributed by atoms with Crippen molar-refractivity contribution in [2.45, 2.75) is 4.90 Å². The normalized spacial score (nSPS) is 18.5. The van der Waals surface area contributed by atoms with E-state index in [2.05, 4.69) is 0 Å². The molecule has 82 valence electrons. The summed E-state index contributed by atoms with van der Waals surface area (Å²) in [6, 6.07) is 7.24. The molecule has 4 heteroatoms. The van der Waals surface area contributed by atoms with Crippen LogP contribution in [0, 0.1) is 5.41 Å². The third kappa shape index (κ3) is 2.27. The van der Waals surface area contributed by atoms with Crippen LogP contribution < -0.4 is 0 Å². The number of hydrogen-bond acceptors (Lipinski definition) is 4. The average Bonchev–Trinajstić information content (AvgIpc) is 2.19. The SMILES string of the molecule is OCC1(CSc2ccccc2O)COC1. The zero-order chi connectivity index (χ0) is 10.7. The summed E-state index contributed by atoms with van der Waals surface area (Å²) in [5.74, 6) is 1.08. The minimum Gasteiger partial charge on any atom is -0.507 e. The van der Waals surface area contributed by atoms with Crippen LogP contribution >= 0.6 is 11.8 Å². The number of ether oxygens (including phenoxy) is 1. The van der Waals surface area contributed by atoms with Gasteiger partial charge < -0.3 is 14.9 Å². The molecule has 0 aromatic heterocycles. The van der Waals surface area contributed by atoms with Gasteiger partial charge in [0.15, 0.2) is 0 Å². The summed E-state index contributed by atoms with van der Waals surface area (Å²) in [4.78, 5) is 0.859. The molecule has 0 bridgehead atoms. The van der Waals surface area contributed by atoms with Gasteiger partial charge >= 0.3 is 0 Å². The van der Waals surface area contributed by atoms with E-state index in [-0.39, 0.29) is 12.0 Å². The monoisotopic (exact) mass is 226 g/mol. The number of aliphatic hydroxyl groups excluding tert-OH is 1. The van der Waals surface area contributed by atoms with Crippen LogP contribution in [0.5, 0.6) is 5.75 Å². The van der Waals surface area contributed by atoms with E-state index < -0.39 is 0 Å². The third-order valence-electron chi connectivity index (χ3n) is 2.55. The Bertz CT molecular complexity index is 331. The number of phenols is 1. The number of benzene rings is 1. The van der Waals surface area contributed by atoms with Gasteiger partial charge in [0.1, 0.15) is 5.75 Å². The first-order valence-electron chi connectivity index (χ1n) is 4.85. The highest BCUT2D eigenvalue weighted by Gasteiger charge is 2.38. The Morgan fingerprint density at radius 3 is 2.60 bits per heavy atom. The van der Waals surface area contributed by atoms with Gasteiger partial charge in [0.25, 0.3) is 0 Å². The van der Waals surface area contributed by atoms with Gasteiger partial charge in [0.2, 0.25) is 0 Å². The fraction of sp³-hybridized carbons (Fsp3) is 0.455. The molecule has 0 unspecified atom stereocenters. The van der Waals surface area contributed by atoms with E-state index in [1.54, 1.807) is 23.9 Å². The van der Waals surface area contributed by atoms with E-state index in [0.29, 0.717) is 19.0 Å². The topological polar surface area (TPSA) is 49.7 Å². The third-order valence-corrected chi connectivity index (χ3v) is 3.96. The standard InChI is InChI=1S/C11H14O3S/c12-5-11(6-14-7-11)8-15-10-4-2-1-3-9(10)13/h1-4,12-13H,5-8H2. The van der Waals surface area contributed by atoms with Gasteiger partial charge in [-0.25, -0.2) is 0 Å². The molecule has 0 radical (unpaired) electrons. The van der Waals surface area contributed by atoms with Crippen molar-refractivity contribution in [3.63, 3.8) is 0 Å². The molecule has 0 spiro atoms. The van der Waals surface area contributed by atoms with Crippen molar-refractivity contribution < 1.29 is 14.9 Å². The minimum absolute atomic E-state index is 0.104. The van der Waals surface area contributed by atoms with Gasteiger partial charge in [0, 0.05) is 16.1 Å². The van der Waals surface area contributed by atoms with Gasteiger partial charge in [0.05, 0.1) is 19.8 Å². The molecule has 1 aliphatic rings. The Balaban J connectivity index is 1.95. The lowest BCUT2D eigenvalue weighted by Crippen LogP contribution is -2.47. The van der Waals surface area contributed by atoms with E-state index in [1.165, 1.54) is 0 Å². The second kappa shape index (κ2) is 4.43. The van der Waals surface area contributed by atoms with Crippen LogP contribution in [0.15, 0.2) is 29.2 Å². The molecule has 2 N–H and O–H groups in total. The Hall–Kier alpha value is -0.710. The van der Waals surface area contributed by atoms with Crippen LogP contribution in [0.2, 0.25) is 0 Å². The Kier molecular flexibility index (Phi) is 3.19. The molecule has 1 heterocycles. The molecule has 1 aromatic rings. The van der Waals surface area contributed by atoms with Crippen LogP contribution in [-0.2, 0) is 4.74 Å². The van der Waals surface area contributed by atoms with Crippen molar-refractivity contribution >= 4 is 11.8 Å². The molecule has 1 aromatic carbocycles. The number of aliphatic hydroxyl groups is 1. The highest BCUT2D eigenvalue weighted by molar-refractivity contribution is 7.99. The molecule has 2 rings (SSSR count). The quantitative estimate of drug-likeness (QED) is 0.764. The largest absolute Gasteiger partial charge is 0.507 e. The van der Waals surface area contributed by atoms with E-state index in [4.69, 9.17) is 4.74 Å². The van der Waals surface area contributed by atoms with Crippen LogP contribution in [0.4, 0.5) is 0 Å². The lowest BCUT2D eigenvalue weighted by molar-refractivity contribution is -0.121. The molecular formula is C11H14O3S. The Morgan fingerprint density at radius 1 is 1.33 bits per heavy atom. The molecule has 1 aliphatic heterocycles. The smallest absolute Gasteiger partial charge is 0.129 e. The maximum absolute atomic E-state index is 9.56. The number of thioether (sulfide) groups is 1. The summed E-state index contributed by atoms with van der Waals surface area (Å²) in [6.07, 6.45) is 0. The van der Waals surface area contributed by atoms with Crippen molar-refractivity contribution in [1.82, 2.24) is 0 Å². The molecule has 1 saturated heterocycles. The lowest BCUT2D eigenvalue weighted by atomic mass is 9.90. The molecule has 0 amide bonds. The molecule has 3 nitrogen and oxygen atoms in total. The first-order chi connectivity index (χ1) is 7.26. The van der Waals surface area contributed by atoms with Crippen molar-refractivity contribution in [1.29, 1.82) is 0 Å². The summed E-state index contributed by atoms with van der Waals surface area (Å²) in [6.45, 7) is 1.38. The second-order valence-electron chi connectivity index (χ2n) is 3.91. The summed E-state index contributed by atoms with van der Waals surface area (Å²) in [5, 5.41) is 18.8. The van der Waals surface area contributed by atoms with Gasteiger partial charge in [-0.1, -0.05) is 12.1 Å². The maximum Gasteiger partial charge on any atom is 0.129 e. The average molecular weight is 226 g/mol. The summed E-state index contributed by atoms with van der Waals surface area (Å²) >= 11 is 1.56. The van der Waals surface area contributed by atoms with E-state index >= 15 is 0 Å². The number of phenolic OH excluding ortho intramolecular Hbond substituents is 1. The van der Waals surface area contributed by atoms with E-state index in [1.807, 2.05) is 12.1 Å². The highest BCUT2D eigenvalue weighted by Crippen LogP contribution is 2.36. The fourth-order valence-electron chi connectivity index (χ4n) is 1.42. The van der Waals surface area contributed by atoms with Crippen LogP contribution in [0.25, 0.3) is 0 Å². The predicted octanol–water partition coefficient (Wildman–Crippen LogP) is 1.49. The summed E-state index contributed by atoms with van der Waals surface area (Å²) in [5.41, 5.74) is -0.104. The molecule has 0 atom stereocenters. The van der Waals surface area contributed by atoms with E-state index in [0.717, 1.165) is 10.6 Å². The molecule has 15 heavy (non-hydrogen) atoms. The minimum atomic E-state index is -0.104. The summed E-state index contributed by atoms with van der Waals surface area (Å²) < 4.78 is 5.11. The highest BCUT2D eigenvalue weighted by atomic mass is 32.2. The van der Waals surface area contributed by atoms with Crippen LogP contribution in [0.1, 0.15) is 0 Å². The molecule has 1 fully saturated rings. The zero-order valence-corrected chi connectivity index (χ0v) is 9.17. The number of rotatable bonds is 4. The van der Waals surface area contributed by atoms with Gasteiger partial charge in [-0.3, -0.25) is 0 Å². The number of hydrogen-bond donors (Lipinski definition) is 2. The van der Waals surface area contributed by atoms with Crippen LogP contribution in [0.3, 0.4) is 0 Å². The van der Waals surface area contributed by atoms with Crippen LogP contribution in [-0.4, -0.2) is 35.8 Å². The van der Waals surface area contributed by atoms with Crippen molar-refractivity contribution in [3.8, 4) is 5.75 Å². The molecule has 0 aliphatic carbocycles. The zero-order valence-electron chi connectivity index (χ0n) is 8.35. The van der Waals surface area contributed by atoms with Crippen molar-refractivity contribution in [2.24, 2.45) is 5.41 Å².